The van der Waals surface area contributed by atoms with Gasteiger partial charge in [-0.15, -0.1) is 0 Å². The second-order valence-corrected chi connectivity index (χ2v) is 2.68. The Balaban J connectivity index is 2.70. The van der Waals surface area contributed by atoms with Gasteiger partial charge in [-0.2, -0.15) is 0 Å². The molecule has 12 heavy (non-hydrogen) atoms. The summed E-state index contributed by atoms with van der Waals surface area (Å²) in [4.78, 5) is 3.86. The van der Waals surface area contributed by atoms with Gasteiger partial charge in [-0.3, -0.25) is 4.99 Å². The number of rotatable bonds is 2. The monoisotopic (exact) mass is 159 g/mol. The Morgan fingerprint density at radius 1 is 1.17 bits per heavy atom. The maximum Gasteiger partial charge on any atom is 0.0277 e. The zero-order valence-electron chi connectivity index (χ0n) is 7.49. The van der Waals surface area contributed by atoms with Crippen LogP contribution in [0.15, 0.2) is 35.3 Å². The summed E-state index contributed by atoms with van der Waals surface area (Å²) in [6, 6.07) is 8.39. The molecule has 1 nitrogen and oxygen atoms in total. The zero-order chi connectivity index (χ0) is 8.81. The fourth-order valence-electron chi connectivity index (χ4n) is 0.918. The van der Waals surface area contributed by atoms with Crippen LogP contribution in [0.5, 0.6) is 0 Å². The molecule has 0 heterocycles. The van der Waals surface area contributed by atoms with Crippen LogP contribution in [0.1, 0.15) is 11.1 Å². The van der Waals surface area contributed by atoms with Crippen LogP contribution in [0.4, 0.5) is 0 Å². The van der Waals surface area contributed by atoms with Gasteiger partial charge in [-0.05, 0) is 18.6 Å². The molecule has 0 saturated carbocycles. The lowest BCUT2D eigenvalue weighted by molar-refractivity contribution is 1.46. The minimum atomic E-state index is 1.21. The van der Waals surface area contributed by atoms with Gasteiger partial charge in [-0.1, -0.05) is 35.9 Å². The van der Waals surface area contributed by atoms with E-state index in [0.717, 1.165) is 0 Å². The van der Waals surface area contributed by atoms with Crippen LogP contribution in [0.2, 0.25) is 0 Å². The number of aliphatic imine (C=N–C) groups is 1. The van der Waals surface area contributed by atoms with Gasteiger partial charge in [0.2, 0.25) is 0 Å². The molecule has 0 amide bonds. The van der Waals surface area contributed by atoms with Gasteiger partial charge in [0.25, 0.3) is 0 Å². The van der Waals surface area contributed by atoms with Crippen LogP contribution in [0, 0.1) is 6.92 Å². The van der Waals surface area contributed by atoms with Crippen molar-refractivity contribution in [2.24, 2.45) is 4.99 Å². The highest BCUT2D eigenvalue weighted by molar-refractivity contribution is 5.78. The Hall–Kier alpha value is -1.37. The lowest BCUT2D eigenvalue weighted by atomic mass is 10.1. The first-order chi connectivity index (χ1) is 5.83. The SMILES string of the molecule is CN=C/C=C\c1ccc(C)cc1. The molecule has 0 radical (unpaired) electrons. The summed E-state index contributed by atoms with van der Waals surface area (Å²) in [5, 5.41) is 0. The van der Waals surface area contributed by atoms with Crippen LogP contribution in [0.25, 0.3) is 6.08 Å². The van der Waals surface area contributed by atoms with E-state index in [0.29, 0.717) is 0 Å². The number of aryl methyl sites for hydroxylation is 1. The minimum absolute atomic E-state index is 1.21. The van der Waals surface area contributed by atoms with E-state index in [1.165, 1.54) is 11.1 Å². The number of benzene rings is 1. The van der Waals surface area contributed by atoms with E-state index >= 15 is 0 Å². The summed E-state index contributed by atoms with van der Waals surface area (Å²) in [6.45, 7) is 2.08. The molecule has 1 heteroatoms. The Bertz CT molecular complexity index is 280. The molecule has 0 bridgehead atoms. The third-order valence-corrected chi connectivity index (χ3v) is 1.60. The van der Waals surface area contributed by atoms with Crippen molar-refractivity contribution in [2.45, 2.75) is 6.92 Å². The minimum Gasteiger partial charge on any atom is -0.297 e. The Labute approximate surface area is 73.5 Å². The van der Waals surface area contributed by atoms with Gasteiger partial charge in [-0.25, -0.2) is 0 Å². The van der Waals surface area contributed by atoms with Crippen LogP contribution in [-0.4, -0.2) is 13.3 Å². The predicted octanol–water partition coefficient (Wildman–Crippen LogP) is 2.71. The van der Waals surface area contributed by atoms with Crippen LogP contribution in [-0.2, 0) is 0 Å². The molecule has 62 valence electrons. The van der Waals surface area contributed by atoms with Crippen LogP contribution in [0.3, 0.4) is 0 Å². The molecule has 0 atom stereocenters. The quantitative estimate of drug-likeness (QED) is 0.588. The molecule has 0 spiro atoms. The molecule has 0 aliphatic rings. The van der Waals surface area contributed by atoms with E-state index in [1.54, 1.807) is 13.3 Å². The van der Waals surface area contributed by atoms with E-state index in [-0.39, 0.29) is 0 Å². The molecule has 0 aromatic heterocycles. The van der Waals surface area contributed by atoms with Crippen molar-refractivity contribution in [3.8, 4) is 0 Å². The molecule has 0 saturated heterocycles. The van der Waals surface area contributed by atoms with Crippen molar-refractivity contribution < 1.29 is 0 Å². The summed E-state index contributed by atoms with van der Waals surface area (Å²) in [5.41, 5.74) is 2.50. The first-order valence-electron chi connectivity index (χ1n) is 3.98. The molecule has 0 fully saturated rings. The molecule has 1 aromatic carbocycles. The first-order valence-corrected chi connectivity index (χ1v) is 3.98. The lowest BCUT2D eigenvalue weighted by Crippen LogP contribution is -1.73. The topological polar surface area (TPSA) is 12.4 Å². The van der Waals surface area contributed by atoms with Gasteiger partial charge in [0, 0.05) is 13.3 Å². The fourth-order valence-corrected chi connectivity index (χ4v) is 0.918. The number of hydrogen-bond donors (Lipinski definition) is 0. The fraction of sp³-hybridized carbons (Fsp3) is 0.182. The normalized spacial score (nSPS) is 11.5. The summed E-state index contributed by atoms with van der Waals surface area (Å²) >= 11 is 0. The smallest absolute Gasteiger partial charge is 0.0277 e. The molecular weight excluding hydrogens is 146 g/mol. The van der Waals surface area contributed by atoms with E-state index in [4.69, 9.17) is 0 Å². The van der Waals surface area contributed by atoms with E-state index in [9.17, 15) is 0 Å². The highest BCUT2D eigenvalue weighted by atomic mass is 14.6. The molecule has 0 aliphatic heterocycles. The van der Waals surface area contributed by atoms with Gasteiger partial charge < -0.3 is 0 Å². The molecular formula is C11H13N. The van der Waals surface area contributed by atoms with Crippen LogP contribution >= 0.6 is 0 Å². The molecule has 0 N–H and O–H groups in total. The highest BCUT2D eigenvalue weighted by Gasteiger charge is 1.83. The summed E-state index contributed by atoms with van der Waals surface area (Å²) in [6.07, 6.45) is 5.75. The number of hydrogen-bond acceptors (Lipinski definition) is 1. The molecule has 0 aliphatic carbocycles. The summed E-state index contributed by atoms with van der Waals surface area (Å²) in [7, 11) is 1.76. The van der Waals surface area contributed by atoms with E-state index in [1.807, 2.05) is 12.2 Å². The standard InChI is InChI=1S/C11H13N/c1-10-5-7-11(8-6-10)4-3-9-12-2/h3-9H,1-2H3/b4-3-,12-9?. The van der Waals surface area contributed by atoms with Crippen molar-refractivity contribution in [2.75, 3.05) is 7.05 Å². The van der Waals surface area contributed by atoms with Gasteiger partial charge >= 0.3 is 0 Å². The molecule has 0 unspecified atom stereocenters. The maximum absolute atomic E-state index is 3.86. The summed E-state index contributed by atoms with van der Waals surface area (Å²) < 4.78 is 0. The first kappa shape index (κ1) is 8.72. The average Bonchev–Trinajstić information content (AvgIpc) is 2.09. The van der Waals surface area contributed by atoms with Crippen molar-refractivity contribution in [3.63, 3.8) is 0 Å². The van der Waals surface area contributed by atoms with E-state index < -0.39 is 0 Å². The van der Waals surface area contributed by atoms with Crippen LogP contribution < -0.4 is 0 Å². The van der Waals surface area contributed by atoms with Gasteiger partial charge in [0.15, 0.2) is 0 Å². The second kappa shape index (κ2) is 4.50. The molecule has 1 aromatic rings. The van der Waals surface area contributed by atoms with E-state index in [2.05, 4.69) is 36.2 Å². The number of nitrogens with zero attached hydrogens (tertiary/aromatic N) is 1. The average molecular weight is 159 g/mol. The largest absolute Gasteiger partial charge is 0.297 e. The highest BCUT2D eigenvalue weighted by Crippen LogP contribution is 2.03. The second-order valence-electron chi connectivity index (χ2n) is 2.68. The number of allylic oxidation sites excluding steroid dienone is 1. The van der Waals surface area contributed by atoms with Gasteiger partial charge in [0.1, 0.15) is 0 Å². The van der Waals surface area contributed by atoms with Crippen molar-refractivity contribution >= 4 is 12.3 Å². The van der Waals surface area contributed by atoms with Crippen molar-refractivity contribution in [3.05, 3.63) is 41.5 Å². The third kappa shape index (κ3) is 2.70. The van der Waals surface area contributed by atoms with Gasteiger partial charge in [0.05, 0.1) is 0 Å². The maximum atomic E-state index is 3.86. The van der Waals surface area contributed by atoms with Crippen molar-refractivity contribution in [1.82, 2.24) is 0 Å². The predicted molar refractivity (Wildman–Crippen MR) is 54.6 cm³/mol. The Kier molecular flexibility index (Phi) is 3.27. The molecule has 1 rings (SSSR count). The third-order valence-electron chi connectivity index (χ3n) is 1.60. The Morgan fingerprint density at radius 3 is 2.42 bits per heavy atom. The lowest BCUT2D eigenvalue weighted by Gasteiger charge is -1.92. The zero-order valence-corrected chi connectivity index (χ0v) is 7.49. The van der Waals surface area contributed by atoms with Crippen molar-refractivity contribution in [1.29, 1.82) is 0 Å². The Morgan fingerprint density at radius 2 is 1.83 bits per heavy atom. The summed E-state index contributed by atoms with van der Waals surface area (Å²) in [5.74, 6) is 0.